The Hall–Kier alpha value is -2.98. The normalized spacial score (nSPS) is 14.9. The number of hydrogen-bond donors (Lipinski definition) is 1. The fourth-order valence-corrected chi connectivity index (χ4v) is 2.46. The Morgan fingerprint density at radius 2 is 1.79 bits per heavy atom. The van der Waals surface area contributed by atoms with E-state index in [-0.39, 0.29) is 5.91 Å². The van der Waals surface area contributed by atoms with Crippen LogP contribution in [0.4, 0.5) is 11.5 Å². The lowest BCUT2D eigenvalue weighted by atomic mass is 10.2. The van der Waals surface area contributed by atoms with E-state index < -0.39 is 0 Å². The largest absolute Gasteiger partial charge is 0.339 e. The molecule has 1 aromatic heterocycles. The maximum Gasteiger partial charge on any atom is 0.274 e. The van der Waals surface area contributed by atoms with Crippen molar-refractivity contribution in [2.24, 2.45) is 0 Å². The summed E-state index contributed by atoms with van der Waals surface area (Å²) in [5.41, 5.74) is 1.76. The zero-order valence-corrected chi connectivity index (χ0v) is 13.4. The van der Waals surface area contributed by atoms with E-state index in [4.69, 9.17) is 5.26 Å². The highest BCUT2D eigenvalue weighted by Gasteiger charge is 2.21. The number of nitriles is 1. The van der Waals surface area contributed by atoms with Gasteiger partial charge < -0.3 is 15.1 Å². The van der Waals surface area contributed by atoms with Crippen LogP contribution in [-0.4, -0.2) is 59.1 Å². The van der Waals surface area contributed by atoms with Gasteiger partial charge in [-0.2, -0.15) is 5.26 Å². The third-order valence-electron chi connectivity index (χ3n) is 3.96. The molecule has 1 N–H and O–H groups in total. The maximum absolute atomic E-state index is 12.4. The lowest BCUT2D eigenvalue weighted by molar-refractivity contribution is 0.0657. The molecule has 1 amide bonds. The monoisotopic (exact) mass is 322 g/mol. The minimum Gasteiger partial charge on any atom is -0.339 e. The SMILES string of the molecule is CN1CCN(C(=O)c2ccc(Nc3ccc(C#N)cc3)nn2)CC1. The highest BCUT2D eigenvalue weighted by molar-refractivity contribution is 5.92. The molecule has 0 bridgehead atoms. The summed E-state index contributed by atoms with van der Waals surface area (Å²) in [5, 5.41) is 20.0. The van der Waals surface area contributed by atoms with Gasteiger partial charge in [-0.3, -0.25) is 4.79 Å². The Bertz CT molecular complexity index is 742. The van der Waals surface area contributed by atoms with E-state index in [1.54, 1.807) is 41.3 Å². The van der Waals surface area contributed by atoms with E-state index in [1.807, 2.05) is 7.05 Å². The van der Waals surface area contributed by atoms with Crippen molar-refractivity contribution in [3.8, 4) is 6.07 Å². The molecule has 1 saturated heterocycles. The van der Waals surface area contributed by atoms with Gasteiger partial charge in [-0.1, -0.05) is 0 Å². The van der Waals surface area contributed by atoms with Gasteiger partial charge >= 0.3 is 0 Å². The first kappa shape index (κ1) is 15.9. The van der Waals surface area contributed by atoms with Crippen LogP contribution in [-0.2, 0) is 0 Å². The highest BCUT2D eigenvalue weighted by atomic mass is 16.2. The van der Waals surface area contributed by atoms with Gasteiger partial charge in [0.1, 0.15) is 0 Å². The molecule has 7 heteroatoms. The number of nitrogens with zero attached hydrogens (tertiary/aromatic N) is 5. The lowest BCUT2D eigenvalue weighted by Crippen LogP contribution is -2.47. The molecular weight excluding hydrogens is 304 g/mol. The summed E-state index contributed by atoms with van der Waals surface area (Å²) >= 11 is 0. The van der Waals surface area contributed by atoms with Gasteiger partial charge in [-0.25, -0.2) is 0 Å². The van der Waals surface area contributed by atoms with Crippen LogP contribution in [0.1, 0.15) is 16.1 Å². The van der Waals surface area contributed by atoms with Crippen LogP contribution in [0.5, 0.6) is 0 Å². The average Bonchev–Trinajstić information content (AvgIpc) is 2.63. The molecule has 2 aromatic rings. The lowest BCUT2D eigenvalue weighted by Gasteiger charge is -2.32. The van der Waals surface area contributed by atoms with Gasteiger partial charge in [-0.15, -0.1) is 10.2 Å². The minimum absolute atomic E-state index is 0.0828. The van der Waals surface area contributed by atoms with E-state index in [0.29, 0.717) is 30.2 Å². The molecule has 3 rings (SSSR count). The Labute approximate surface area is 140 Å². The van der Waals surface area contributed by atoms with Crippen LogP contribution in [0.2, 0.25) is 0 Å². The third kappa shape index (κ3) is 3.67. The number of nitrogens with one attached hydrogen (secondary N) is 1. The molecule has 2 heterocycles. The number of likely N-dealkylation sites (N-methyl/N-ethyl adjacent to an activating group) is 1. The van der Waals surface area contributed by atoms with Crippen LogP contribution in [0.3, 0.4) is 0 Å². The molecule has 1 aliphatic rings. The Balaban J connectivity index is 1.64. The summed E-state index contributed by atoms with van der Waals surface area (Å²) in [6.45, 7) is 3.17. The predicted octanol–water partition coefficient (Wildman–Crippen LogP) is 1.48. The first-order valence-corrected chi connectivity index (χ1v) is 7.74. The van der Waals surface area contributed by atoms with Crippen molar-refractivity contribution in [2.45, 2.75) is 0 Å². The first-order chi connectivity index (χ1) is 11.7. The Morgan fingerprint density at radius 1 is 1.08 bits per heavy atom. The van der Waals surface area contributed by atoms with E-state index in [2.05, 4.69) is 26.5 Å². The summed E-state index contributed by atoms with van der Waals surface area (Å²) in [5.74, 6) is 0.468. The van der Waals surface area contributed by atoms with Gasteiger partial charge in [-0.05, 0) is 43.4 Å². The molecule has 1 aromatic carbocycles. The fourth-order valence-electron chi connectivity index (χ4n) is 2.46. The molecule has 0 saturated carbocycles. The number of carbonyl (C=O) groups excluding carboxylic acids is 1. The number of rotatable bonds is 3. The molecule has 1 fully saturated rings. The molecule has 0 spiro atoms. The number of anilines is 2. The molecule has 24 heavy (non-hydrogen) atoms. The van der Waals surface area contributed by atoms with Gasteiger partial charge in [0.15, 0.2) is 11.5 Å². The number of benzene rings is 1. The standard InChI is InChI=1S/C17H18N6O/c1-22-8-10-23(11-9-22)17(24)15-6-7-16(21-20-15)19-14-4-2-13(12-18)3-5-14/h2-7H,8-11H2,1H3,(H,19,21). The van der Waals surface area contributed by atoms with Gasteiger partial charge in [0, 0.05) is 31.9 Å². The smallest absolute Gasteiger partial charge is 0.274 e. The molecule has 0 radical (unpaired) electrons. The van der Waals surface area contributed by atoms with Crippen molar-refractivity contribution in [2.75, 3.05) is 38.5 Å². The number of carbonyl (C=O) groups is 1. The predicted molar refractivity (Wildman–Crippen MR) is 89.9 cm³/mol. The Kier molecular flexibility index (Phi) is 4.68. The van der Waals surface area contributed by atoms with Crippen LogP contribution < -0.4 is 5.32 Å². The molecule has 0 atom stereocenters. The minimum atomic E-state index is -0.0828. The molecular formula is C17H18N6O. The summed E-state index contributed by atoms with van der Waals surface area (Å²) in [4.78, 5) is 16.4. The molecule has 1 aliphatic heterocycles. The van der Waals surface area contributed by atoms with Crippen molar-refractivity contribution < 1.29 is 4.79 Å². The number of aromatic nitrogens is 2. The van der Waals surface area contributed by atoms with Crippen LogP contribution >= 0.6 is 0 Å². The summed E-state index contributed by atoms with van der Waals surface area (Å²) < 4.78 is 0. The third-order valence-corrected chi connectivity index (χ3v) is 3.96. The maximum atomic E-state index is 12.4. The fraction of sp³-hybridized carbons (Fsp3) is 0.294. The molecule has 122 valence electrons. The van der Waals surface area contributed by atoms with Crippen molar-refractivity contribution in [1.29, 1.82) is 5.26 Å². The zero-order valence-electron chi connectivity index (χ0n) is 13.4. The Morgan fingerprint density at radius 3 is 2.38 bits per heavy atom. The van der Waals surface area contributed by atoms with E-state index in [9.17, 15) is 4.79 Å². The summed E-state index contributed by atoms with van der Waals surface area (Å²) in [6, 6.07) is 12.5. The quantitative estimate of drug-likeness (QED) is 0.921. The molecule has 0 unspecified atom stereocenters. The van der Waals surface area contributed by atoms with E-state index in [1.165, 1.54) is 0 Å². The van der Waals surface area contributed by atoms with Crippen LogP contribution in [0, 0.1) is 11.3 Å². The first-order valence-electron chi connectivity index (χ1n) is 7.74. The van der Waals surface area contributed by atoms with E-state index >= 15 is 0 Å². The second-order valence-corrected chi connectivity index (χ2v) is 5.71. The van der Waals surface area contributed by atoms with E-state index in [0.717, 1.165) is 18.8 Å². The average molecular weight is 322 g/mol. The number of piperazine rings is 1. The highest BCUT2D eigenvalue weighted by Crippen LogP contribution is 2.15. The van der Waals surface area contributed by atoms with Gasteiger partial charge in [0.2, 0.25) is 0 Å². The zero-order chi connectivity index (χ0) is 16.9. The van der Waals surface area contributed by atoms with Crippen molar-refractivity contribution in [3.05, 3.63) is 47.7 Å². The number of amides is 1. The van der Waals surface area contributed by atoms with Crippen molar-refractivity contribution in [1.82, 2.24) is 20.0 Å². The number of hydrogen-bond acceptors (Lipinski definition) is 6. The topological polar surface area (TPSA) is 85.1 Å². The van der Waals surface area contributed by atoms with Crippen molar-refractivity contribution in [3.63, 3.8) is 0 Å². The molecule has 0 aliphatic carbocycles. The van der Waals surface area contributed by atoms with Gasteiger partial charge in [0.05, 0.1) is 11.6 Å². The van der Waals surface area contributed by atoms with Crippen LogP contribution in [0.15, 0.2) is 36.4 Å². The second kappa shape index (κ2) is 7.06. The summed E-state index contributed by atoms with van der Waals surface area (Å²) in [7, 11) is 2.05. The second-order valence-electron chi connectivity index (χ2n) is 5.71. The molecule has 7 nitrogen and oxygen atoms in total. The van der Waals surface area contributed by atoms with Crippen LogP contribution in [0.25, 0.3) is 0 Å². The van der Waals surface area contributed by atoms with Crippen molar-refractivity contribution >= 4 is 17.4 Å². The summed E-state index contributed by atoms with van der Waals surface area (Å²) in [6.07, 6.45) is 0. The van der Waals surface area contributed by atoms with Gasteiger partial charge in [0.25, 0.3) is 5.91 Å².